The normalized spacial score (nSPS) is 18.5. The van der Waals surface area contributed by atoms with Gasteiger partial charge in [0.1, 0.15) is 11.5 Å². The highest BCUT2D eigenvalue weighted by atomic mass is 32.1. The number of hydrogen-bond donors (Lipinski definition) is 1. The first-order chi connectivity index (χ1) is 10.3. The summed E-state index contributed by atoms with van der Waals surface area (Å²) in [6, 6.07) is 3.97. The van der Waals surface area contributed by atoms with Crippen LogP contribution in [0.4, 0.5) is 0 Å². The van der Waals surface area contributed by atoms with Gasteiger partial charge in [0, 0.05) is 24.4 Å². The van der Waals surface area contributed by atoms with Crippen molar-refractivity contribution in [2.24, 2.45) is 0 Å². The predicted molar refractivity (Wildman–Crippen MR) is 79.5 cm³/mol. The number of furan rings is 1. The Morgan fingerprint density at radius 2 is 2.43 bits per heavy atom. The lowest BCUT2D eigenvalue weighted by molar-refractivity contribution is -0.121. The van der Waals surface area contributed by atoms with Crippen LogP contribution in [0.5, 0.6) is 0 Å². The number of thiazole rings is 1. The van der Waals surface area contributed by atoms with Crippen molar-refractivity contribution in [3.8, 4) is 0 Å². The number of nitrogens with one attached hydrogen (secondary N) is 1. The average Bonchev–Trinajstić information content (AvgIpc) is 3.16. The second-order valence-corrected chi connectivity index (χ2v) is 6.06. The fourth-order valence-electron chi connectivity index (χ4n) is 2.89. The molecule has 4 rings (SSSR count). The van der Waals surface area contributed by atoms with Gasteiger partial charge in [0.2, 0.25) is 5.91 Å². The molecular formula is C15H15N3O2S. The molecule has 1 amide bonds. The number of hydrogen-bond acceptors (Lipinski definition) is 4. The number of amides is 1. The van der Waals surface area contributed by atoms with Crippen LogP contribution in [-0.2, 0) is 17.8 Å². The van der Waals surface area contributed by atoms with Crippen molar-refractivity contribution in [3.05, 3.63) is 46.6 Å². The van der Waals surface area contributed by atoms with Crippen molar-refractivity contribution in [2.45, 2.75) is 32.2 Å². The molecule has 0 aliphatic carbocycles. The van der Waals surface area contributed by atoms with Crippen molar-refractivity contribution < 1.29 is 9.21 Å². The Kier molecular flexibility index (Phi) is 2.85. The summed E-state index contributed by atoms with van der Waals surface area (Å²) in [5, 5.41) is 4.93. The average molecular weight is 301 g/mol. The molecule has 6 heteroatoms. The van der Waals surface area contributed by atoms with E-state index in [-0.39, 0.29) is 11.8 Å². The van der Waals surface area contributed by atoms with Crippen LogP contribution in [0.2, 0.25) is 0 Å². The molecule has 108 valence electrons. The molecule has 3 aromatic rings. The van der Waals surface area contributed by atoms with Crippen LogP contribution in [0.15, 0.2) is 28.1 Å². The highest BCUT2D eigenvalue weighted by Crippen LogP contribution is 2.35. The zero-order valence-corrected chi connectivity index (χ0v) is 12.4. The molecule has 1 N–H and O–H groups in total. The quantitative estimate of drug-likeness (QED) is 0.791. The van der Waals surface area contributed by atoms with E-state index in [9.17, 15) is 4.79 Å². The molecule has 0 saturated carbocycles. The third-order valence-corrected chi connectivity index (χ3v) is 4.68. The van der Waals surface area contributed by atoms with Gasteiger partial charge in [-0.1, -0.05) is 6.92 Å². The van der Waals surface area contributed by atoms with Crippen LogP contribution in [0.25, 0.3) is 4.96 Å². The Hall–Kier alpha value is -2.08. The van der Waals surface area contributed by atoms with Crippen molar-refractivity contribution in [1.29, 1.82) is 0 Å². The number of aryl methyl sites for hydroxylation is 1. The van der Waals surface area contributed by atoms with E-state index in [1.165, 1.54) is 0 Å². The van der Waals surface area contributed by atoms with Crippen LogP contribution in [-0.4, -0.2) is 15.3 Å². The third-order valence-electron chi connectivity index (χ3n) is 3.92. The molecule has 0 fully saturated rings. The van der Waals surface area contributed by atoms with E-state index in [0.29, 0.717) is 13.0 Å². The topological polar surface area (TPSA) is 59.5 Å². The van der Waals surface area contributed by atoms with Gasteiger partial charge in [0.05, 0.1) is 23.9 Å². The molecule has 1 aliphatic heterocycles. The van der Waals surface area contributed by atoms with Gasteiger partial charge in [0.15, 0.2) is 4.96 Å². The number of carbonyl (C=O) groups is 1. The van der Waals surface area contributed by atoms with Gasteiger partial charge >= 0.3 is 0 Å². The number of aromatic nitrogens is 2. The second kappa shape index (κ2) is 4.73. The molecule has 0 bridgehead atoms. The SMILES string of the molecule is CCc1ccc(C2CC(=O)NCc3nc4sccn4c32)o1. The first kappa shape index (κ1) is 12.6. The minimum atomic E-state index is -0.0765. The summed E-state index contributed by atoms with van der Waals surface area (Å²) in [7, 11) is 0. The highest BCUT2D eigenvalue weighted by molar-refractivity contribution is 7.15. The van der Waals surface area contributed by atoms with Gasteiger partial charge in [0.25, 0.3) is 0 Å². The summed E-state index contributed by atoms with van der Waals surface area (Å²) < 4.78 is 7.99. The third kappa shape index (κ3) is 1.98. The summed E-state index contributed by atoms with van der Waals surface area (Å²) in [5.74, 6) is 1.75. The van der Waals surface area contributed by atoms with E-state index >= 15 is 0 Å². The molecule has 1 aliphatic rings. The Morgan fingerprint density at radius 1 is 1.52 bits per heavy atom. The van der Waals surface area contributed by atoms with Crippen LogP contribution in [0, 0.1) is 0 Å². The standard InChI is InChI=1S/C15H15N3O2S/c1-2-9-3-4-12(20-9)10-7-13(19)16-8-11-14(10)18-5-6-21-15(18)17-11/h3-6,10H,2,7-8H2,1H3,(H,16,19). The summed E-state index contributed by atoms with van der Waals surface area (Å²) >= 11 is 1.60. The van der Waals surface area contributed by atoms with Crippen LogP contribution in [0.3, 0.4) is 0 Å². The summed E-state index contributed by atoms with van der Waals surface area (Å²) in [6.07, 6.45) is 3.26. The summed E-state index contributed by atoms with van der Waals surface area (Å²) in [6.45, 7) is 2.55. The maximum Gasteiger partial charge on any atom is 0.221 e. The summed E-state index contributed by atoms with van der Waals surface area (Å²) in [5.41, 5.74) is 2.01. The van der Waals surface area contributed by atoms with E-state index in [0.717, 1.165) is 34.3 Å². The molecule has 4 heterocycles. The van der Waals surface area contributed by atoms with E-state index in [1.807, 2.05) is 23.7 Å². The van der Waals surface area contributed by atoms with Crippen LogP contribution >= 0.6 is 11.3 Å². The minimum absolute atomic E-state index is 0.0384. The smallest absolute Gasteiger partial charge is 0.221 e. The zero-order valence-electron chi connectivity index (χ0n) is 11.6. The number of carbonyl (C=O) groups excluding carboxylic acids is 1. The van der Waals surface area contributed by atoms with E-state index < -0.39 is 0 Å². The Morgan fingerprint density at radius 3 is 3.24 bits per heavy atom. The fraction of sp³-hybridized carbons (Fsp3) is 0.333. The molecule has 3 aromatic heterocycles. The molecular weight excluding hydrogens is 286 g/mol. The van der Waals surface area contributed by atoms with E-state index in [2.05, 4.69) is 21.6 Å². The fourth-order valence-corrected chi connectivity index (χ4v) is 3.63. The number of nitrogens with zero attached hydrogens (tertiary/aromatic N) is 2. The largest absolute Gasteiger partial charge is 0.465 e. The van der Waals surface area contributed by atoms with Gasteiger partial charge < -0.3 is 9.73 Å². The molecule has 1 unspecified atom stereocenters. The molecule has 0 saturated heterocycles. The maximum absolute atomic E-state index is 12.0. The number of imidazole rings is 1. The van der Waals surface area contributed by atoms with Crippen molar-refractivity contribution in [2.75, 3.05) is 0 Å². The lowest BCUT2D eigenvalue weighted by Gasteiger charge is -2.11. The first-order valence-electron chi connectivity index (χ1n) is 7.06. The van der Waals surface area contributed by atoms with Crippen molar-refractivity contribution in [3.63, 3.8) is 0 Å². The molecule has 0 spiro atoms. The summed E-state index contributed by atoms with van der Waals surface area (Å²) in [4.78, 5) is 17.6. The Bertz CT molecular complexity index is 814. The van der Waals surface area contributed by atoms with E-state index in [1.54, 1.807) is 11.3 Å². The van der Waals surface area contributed by atoms with Gasteiger partial charge in [-0.25, -0.2) is 4.98 Å². The lowest BCUT2D eigenvalue weighted by atomic mass is 9.97. The Labute approximate surface area is 125 Å². The molecule has 0 aromatic carbocycles. The van der Waals surface area contributed by atoms with Crippen molar-refractivity contribution in [1.82, 2.24) is 14.7 Å². The van der Waals surface area contributed by atoms with Gasteiger partial charge in [-0.05, 0) is 12.1 Å². The minimum Gasteiger partial charge on any atom is -0.465 e. The molecule has 5 nitrogen and oxygen atoms in total. The molecule has 0 radical (unpaired) electrons. The van der Waals surface area contributed by atoms with Gasteiger partial charge in [-0.2, -0.15) is 0 Å². The van der Waals surface area contributed by atoms with Crippen LogP contribution < -0.4 is 5.32 Å². The van der Waals surface area contributed by atoms with Gasteiger partial charge in [-0.3, -0.25) is 9.20 Å². The van der Waals surface area contributed by atoms with Crippen molar-refractivity contribution >= 4 is 22.2 Å². The lowest BCUT2D eigenvalue weighted by Crippen LogP contribution is -2.21. The van der Waals surface area contributed by atoms with Crippen LogP contribution in [0.1, 0.15) is 42.2 Å². The number of fused-ring (bicyclic) bond motifs is 3. The second-order valence-electron chi connectivity index (χ2n) is 5.19. The van der Waals surface area contributed by atoms with E-state index in [4.69, 9.17) is 4.42 Å². The molecule has 21 heavy (non-hydrogen) atoms. The highest BCUT2D eigenvalue weighted by Gasteiger charge is 2.31. The zero-order chi connectivity index (χ0) is 14.4. The monoisotopic (exact) mass is 301 g/mol. The first-order valence-corrected chi connectivity index (χ1v) is 7.94. The maximum atomic E-state index is 12.0. The predicted octanol–water partition coefficient (Wildman–Crippen LogP) is 2.70. The van der Waals surface area contributed by atoms with Gasteiger partial charge in [-0.15, -0.1) is 11.3 Å². The number of rotatable bonds is 2. The Balaban J connectivity index is 1.89. The molecule has 1 atom stereocenters.